The van der Waals surface area contributed by atoms with Gasteiger partial charge in [0.15, 0.2) is 0 Å². The van der Waals surface area contributed by atoms with E-state index in [0.717, 1.165) is 23.2 Å². The summed E-state index contributed by atoms with van der Waals surface area (Å²) < 4.78 is 0. The van der Waals surface area contributed by atoms with Gasteiger partial charge in [0, 0.05) is 34.8 Å². The van der Waals surface area contributed by atoms with E-state index in [1.54, 1.807) is 0 Å². The first-order chi connectivity index (χ1) is 18.8. The molecule has 0 N–H and O–H groups in total. The van der Waals surface area contributed by atoms with Gasteiger partial charge in [0.2, 0.25) is 0 Å². The Kier molecular flexibility index (Phi) is 14.8. The molecule has 2 heterocycles. The molecule has 0 aliphatic rings. The quantitative estimate of drug-likeness (QED) is 0.141. The standard InChI is InChI=1S/C36H52N2/c1-3-5-7-9-11-12-13-14-16-18-20-35-27-25-33(29-37-35)34-26-28-36(38-30-34)32-23-21-31(22-24-32)19-17-15-10-8-6-4-2/h21-30H,3-20H2,1-2H3. The van der Waals surface area contributed by atoms with E-state index in [2.05, 4.69) is 62.4 Å². The highest BCUT2D eigenvalue weighted by molar-refractivity contribution is 5.66. The number of nitrogens with zero attached hydrogens (tertiary/aromatic N) is 2. The Hall–Kier alpha value is -2.48. The zero-order valence-corrected chi connectivity index (χ0v) is 24.4. The van der Waals surface area contributed by atoms with Crippen molar-refractivity contribution in [3.8, 4) is 22.4 Å². The lowest BCUT2D eigenvalue weighted by Crippen LogP contribution is -1.92. The Labute approximate surface area is 233 Å². The van der Waals surface area contributed by atoms with Gasteiger partial charge in [0.1, 0.15) is 0 Å². The number of aromatic nitrogens is 2. The molecule has 2 aromatic heterocycles. The summed E-state index contributed by atoms with van der Waals surface area (Å²) in [4.78, 5) is 9.50. The second kappa shape index (κ2) is 18.7. The summed E-state index contributed by atoms with van der Waals surface area (Å²) in [6, 6.07) is 17.7. The molecule has 1 aromatic carbocycles. The van der Waals surface area contributed by atoms with Crippen LogP contribution in [0.3, 0.4) is 0 Å². The molecule has 3 rings (SSSR count). The highest BCUT2D eigenvalue weighted by Gasteiger charge is 2.04. The molecule has 206 valence electrons. The number of rotatable bonds is 20. The van der Waals surface area contributed by atoms with Gasteiger partial charge < -0.3 is 0 Å². The lowest BCUT2D eigenvalue weighted by molar-refractivity contribution is 0.555. The Balaban J connectivity index is 1.36. The van der Waals surface area contributed by atoms with E-state index in [9.17, 15) is 0 Å². The third-order valence-corrected chi connectivity index (χ3v) is 7.78. The van der Waals surface area contributed by atoms with Gasteiger partial charge >= 0.3 is 0 Å². The van der Waals surface area contributed by atoms with Gasteiger partial charge in [-0.15, -0.1) is 0 Å². The summed E-state index contributed by atoms with van der Waals surface area (Å²) in [6.45, 7) is 4.56. The van der Waals surface area contributed by atoms with Crippen molar-refractivity contribution in [1.82, 2.24) is 9.97 Å². The Bertz CT molecular complexity index is 973. The first kappa shape index (κ1) is 30.1. The van der Waals surface area contributed by atoms with Crippen LogP contribution in [0.15, 0.2) is 60.9 Å². The zero-order valence-electron chi connectivity index (χ0n) is 24.4. The first-order valence-electron chi connectivity index (χ1n) is 15.8. The van der Waals surface area contributed by atoms with E-state index < -0.39 is 0 Å². The summed E-state index contributed by atoms with van der Waals surface area (Å²) in [5.74, 6) is 0. The summed E-state index contributed by atoms with van der Waals surface area (Å²) in [5, 5.41) is 0. The third-order valence-electron chi connectivity index (χ3n) is 7.78. The molecule has 0 aliphatic heterocycles. The monoisotopic (exact) mass is 512 g/mol. The molecule has 0 saturated heterocycles. The predicted octanol–water partition coefficient (Wildman–Crippen LogP) is 11.2. The lowest BCUT2D eigenvalue weighted by atomic mass is 10.0. The zero-order chi connectivity index (χ0) is 26.7. The van der Waals surface area contributed by atoms with E-state index in [4.69, 9.17) is 9.97 Å². The highest BCUT2D eigenvalue weighted by atomic mass is 14.7. The van der Waals surface area contributed by atoms with E-state index in [1.807, 2.05) is 12.4 Å². The van der Waals surface area contributed by atoms with Crippen LogP contribution in [-0.2, 0) is 12.8 Å². The van der Waals surface area contributed by atoms with Crippen molar-refractivity contribution in [2.24, 2.45) is 0 Å². The van der Waals surface area contributed by atoms with Crippen LogP contribution in [0.2, 0.25) is 0 Å². The maximum absolute atomic E-state index is 4.76. The second-order valence-corrected chi connectivity index (χ2v) is 11.1. The Morgan fingerprint density at radius 1 is 0.421 bits per heavy atom. The van der Waals surface area contributed by atoms with Crippen molar-refractivity contribution in [2.75, 3.05) is 0 Å². The van der Waals surface area contributed by atoms with E-state index >= 15 is 0 Å². The van der Waals surface area contributed by atoms with E-state index in [-0.39, 0.29) is 0 Å². The number of hydrogen-bond donors (Lipinski definition) is 0. The van der Waals surface area contributed by atoms with Crippen molar-refractivity contribution in [3.63, 3.8) is 0 Å². The van der Waals surface area contributed by atoms with Crippen LogP contribution >= 0.6 is 0 Å². The number of pyridine rings is 2. The smallest absolute Gasteiger partial charge is 0.0702 e. The van der Waals surface area contributed by atoms with Gasteiger partial charge in [0.05, 0.1) is 5.69 Å². The molecule has 38 heavy (non-hydrogen) atoms. The molecule has 0 spiro atoms. The van der Waals surface area contributed by atoms with E-state index in [1.165, 1.54) is 126 Å². The molecule has 0 saturated carbocycles. The second-order valence-electron chi connectivity index (χ2n) is 11.1. The van der Waals surface area contributed by atoms with Gasteiger partial charge in [-0.25, -0.2) is 0 Å². The molecule has 3 aromatic rings. The number of hydrogen-bond acceptors (Lipinski definition) is 2. The minimum absolute atomic E-state index is 1.03. The fraction of sp³-hybridized carbons (Fsp3) is 0.556. The summed E-state index contributed by atoms with van der Waals surface area (Å²) in [7, 11) is 0. The summed E-state index contributed by atoms with van der Waals surface area (Å²) in [6.07, 6.45) is 28.1. The van der Waals surface area contributed by atoms with Gasteiger partial charge in [0.25, 0.3) is 0 Å². The lowest BCUT2D eigenvalue weighted by Gasteiger charge is -2.07. The highest BCUT2D eigenvalue weighted by Crippen LogP contribution is 2.23. The largest absolute Gasteiger partial charge is 0.261 e. The third kappa shape index (κ3) is 11.5. The molecule has 2 heteroatoms. The van der Waals surface area contributed by atoms with Crippen LogP contribution < -0.4 is 0 Å². The van der Waals surface area contributed by atoms with Gasteiger partial charge in [-0.1, -0.05) is 140 Å². The molecular formula is C36H52N2. The van der Waals surface area contributed by atoms with Crippen LogP contribution in [0.4, 0.5) is 0 Å². The maximum atomic E-state index is 4.76. The number of benzene rings is 1. The van der Waals surface area contributed by atoms with Crippen molar-refractivity contribution >= 4 is 0 Å². The summed E-state index contributed by atoms with van der Waals surface area (Å²) >= 11 is 0. The van der Waals surface area contributed by atoms with Crippen LogP contribution in [-0.4, -0.2) is 9.97 Å². The summed E-state index contributed by atoms with van der Waals surface area (Å²) in [5.41, 5.74) is 7.14. The number of aryl methyl sites for hydroxylation is 2. The molecular weight excluding hydrogens is 460 g/mol. The van der Waals surface area contributed by atoms with Gasteiger partial charge in [-0.3, -0.25) is 9.97 Å². The molecule has 0 amide bonds. The molecule has 0 bridgehead atoms. The number of unbranched alkanes of at least 4 members (excludes halogenated alkanes) is 14. The minimum atomic E-state index is 1.03. The van der Waals surface area contributed by atoms with Gasteiger partial charge in [-0.05, 0) is 43.4 Å². The first-order valence-corrected chi connectivity index (χ1v) is 15.8. The average Bonchev–Trinajstić information content (AvgIpc) is 2.97. The normalized spacial score (nSPS) is 11.2. The molecule has 0 unspecified atom stereocenters. The van der Waals surface area contributed by atoms with Crippen molar-refractivity contribution in [3.05, 3.63) is 72.2 Å². The molecule has 0 radical (unpaired) electrons. The van der Waals surface area contributed by atoms with Crippen molar-refractivity contribution < 1.29 is 0 Å². The van der Waals surface area contributed by atoms with Gasteiger partial charge in [-0.2, -0.15) is 0 Å². The molecule has 2 nitrogen and oxygen atoms in total. The Morgan fingerprint density at radius 2 is 0.895 bits per heavy atom. The van der Waals surface area contributed by atoms with Crippen LogP contribution in [0.25, 0.3) is 22.4 Å². The maximum Gasteiger partial charge on any atom is 0.0702 e. The average molecular weight is 513 g/mol. The van der Waals surface area contributed by atoms with E-state index in [0.29, 0.717) is 0 Å². The predicted molar refractivity (Wildman–Crippen MR) is 166 cm³/mol. The topological polar surface area (TPSA) is 25.8 Å². The molecule has 0 atom stereocenters. The minimum Gasteiger partial charge on any atom is -0.261 e. The van der Waals surface area contributed by atoms with Crippen molar-refractivity contribution in [2.45, 2.75) is 129 Å². The van der Waals surface area contributed by atoms with Crippen molar-refractivity contribution in [1.29, 1.82) is 0 Å². The van der Waals surface area contributed by atoms with Crippen LogP contribution in [0.5, 0.6) is 0 Å². The van der Waals surface area contributed by atoms with Crippen LogP contribution in [0, 0.1) is 0 Å². The molecule has 0 aliphatic carbocycles. The molecule has 0 fully saturated rings. The fourth-order valence-electron chi connectivity index (χ4n) is 5.22. The van der Waals surface area contributed by atoms with Crippen LogP contribution in [0.1, 0.15) is 128 Å². The Morgan fingerprint density at radius 3 is 1.39 bits per heavy atom. The SMILES string of the molecule is CCCCCCCCCCCCc1ccc(-c2ccc(-c3ccc(CCCCCCCC)cc3)nc2)cn1. The fourth-order valence-corrected chi connectivity index (χ4v) is 5.22.